The van der Waals surface area contributed by atoms with Crippen molar-refractivity contribution in [2.75, 3.05) is 19.0 Å². The summed E-state index contributed by atoms with van der Waals surface area (Å²) in [5.41, 5.74) is -0.173. The molecule has 4 nitrogen and oxygen atoms in total. The highest BCUT2D eigenvalue weighted by molar-refractivity contribution is 5.91. The summed E-state index contributed by atoms with van der Waals surface area (Å²) in [6, 6.07) is 2.04. The van der Waals surface area contributed by atoms with E-state index in [-0.39, 0.29) is 12.3 Å². The summed E-state index contributed by atoms with van der Waals surface area (Å²) in [4.78, 5) is 13.8. The minimum absolute atomic E-state index is 0.173. The molecule has 14 heavy (non-hydrogen) atoms. The number of nitrogens with one attached hydrogen (secondary N) is 1. The van der Waals surface area contributed by atoms with Crippen LogP contribution >= 0.6 is 0 Å². The highest BCUT2D eigenvalue weighted by Crippen LogP contribution is 2.11. The fourth-order valence-electron chi connectivity index (χ4n) is 0.823. The predicted molar refractivity (Wildman–Crippen MR) is 44.7 cm³/mol. The van der Waals surface area contributed by atoms with Gasteiger partial charge in [-0.15, -0.1) is 0 Å². The molecule has 0 aliphatic carbocycles. The van der Waals surface area contributed by atoms with Gasteiger partial charge in [0.1, 0.15) is 6.61 Å². The van der Waals surface area contributed by atoms with E-state index in [0.717, 1.165) is 12.1 Å². The lowest BCUT2D eigenvalue weighted by atomic mass is 10.4. The number of ether oxygens (including phenoxy) is 1. The molecule has 0 radical (unpaired) electrons. The zero-order valence-electron chi connectivity index (χ0n) is 7.38. The van der Waals surface area contributed by atoms with Gasteiger partial charge in [-0.2, -0.15) is 13.8 Å². The minimum Gasteiger partial charge on any atom is -0.375 e. The molecule has 0 aromatic carbocycles. The highest BCUT2D eigenvalue weighted by Gasteiger charge is 2.08. The Morgan fingerprint density at radius 2 is 2.29 bits per heavy atom. The van der Waals surface area contributed by atoms with Crippen LogP contribution in [-0.2, 0) is 9.53 Å². The average Bonchev–Trinajstić information content (AvgIpc) is 2.10. The second kappa shape index (κ2) is 4.61. The van der Waals surface area contributed by atoms with Crippen LogP contribution in [-0.4, -0.2) is 24.6 Å². The van der Waals surface area contributed by atoms with Crippen LogP contribution in [0.3, 0.4) is 0 Å². The number of nitrogens with zero attached hydrogens (tertiary/aromatic N) is 1. The topological polar surface area (TPSA) is 51.2 Å². The van der Waals surface area contributed by atoms with Crippen LogP contribution in [0.4, 0.5) is 14.5 Å². The van der Waals surface area contributed by atoms with Crippen molar-refractivity contribution in [2.45, 2.75) is 0 Å². The summed E-state index contributed by atoms with van der Waals surface area (Å²) in [5.74, 6) is -2.53. The highest BCUT2D eigenvalue weighted by atomic mass is 19.1. The van der Waals surface area contributed by atoms with Gasteiger partial charge in [0.15, 0.2) is 0 Å². The third-order valence-corrected chi connectivity index (χ3v) is 1.36. The van der Waals surface area contributed by atoms with Crippen molar-refractivity contribution in [3.05, 3.63) is 24.0 Å². The first-order valence-electron chi connectivity index (χ1n) is 3.74. The van der Waals surface area contributed by atoms with Crippen molar-refractivity contribution in [3.63, 3.8) is 0 Å². The standard InChI is InChI=1S/C8H8F2N2O2/c1-14-4-7(13)11-5-2-3-6(9)12-8(5)10/h2-3H,4H2,1H3,(H,11,13). The number of aromatic nitrogens is 1. The molecule has 1 heterocycles. The van der Waals surface area contributed by atoms with Crippen LogP contribution < -0.4 is 5.32 Å². The third-order valence-electron chi connectivity index (χ3n) is 1.36. The van der Waals surface area contributed by atoms with E-state index in [4.69, 9.17) is 0 Å². The molecule has 0 aliphatic heterocycles. The van der Waals surface area contributed by atoms with Crippen molar-refractivity contribution < 1.29 is 18.3 Å². The van der Waals surface area contributed by atoms with E-state index in [1.54, 1.807) is 0 Å². The van der Waals surface area contributed by atoms with Crippen LogP contribution in [0.25, 0.3) is 0 Å². The summed E-state index contributed by atoms with van der Waals surface area (Å²) in [6.45, 7) is -0.198. The third kappa shape index (κ3) is 2.74. The molecule has 1 N–H and O–H groups in total. The fourth-order valence-corrected chi connectivity index (χ4v) is 0.823. The lowest BCUT2D eigenvalue weighted by molar-refractivity contribution is -0.119. The number of carbonyl (C=O) groups excluding carboxylic acids is 1. The fraction of sp³-hybridized carbons (Fsp3) is 0.250. The molecule has 0 fully saturated rings. The number of carbonyl (C=O) groups is 1. The van der Waals surface area contributed by atoms with Gasteiger partial charge in [-0.3, -0.25) is 4.79 Å². The maximum atomic E-state index is 12.8. The largest absolute Gasteiger partial charge is 0.375 e. The molecule has 0 saturated carbocycles. The summed E-state index contributed by atoms with van der Waals surface area (Å²) in [6.07, 6.45) is 0. The summed E-state index contributed by atoms with van der Waals surface area (Å²) < 4.78 is 29.7. The SMILES string of the molecule is COCC(=O)Nc1ccc(F)nc1F. The number of hydrogen-bond donors (Lipinski definition) is 1. The summed E-state index contributed by atoms with van der Waals surface area (Å²) in [5, 5.41) is 2.17. The molecule has 0 atom stereocenters. The van der Waals surface area contributed by atoms with Gasteiger partial charge in [-0.25, -0.2) is 0 Å². The van der Waals surface area contributed by atoms with E-state index in [0.29, 0.717) is 0 Å². The summed E-state index contributed by atoms with van der Waals surface area (Å²) >= 11 is 0. The predicted octanol–water partition coefficient (Wildman–Crippen LogP) is 0.945. The quantitative estimate of drug-likeness (QED) is 0.742. The number of amides is 1. The van der Waals surface area contributed by atoms with Crippen LogP contribution in [0.2, 0.25) is 0 Å². The number of hydrogen-bond acceptors (Lipinski definition) is 3. The van der Waals surface area contributed by atoms with E-state index in [1.165, 1.54) is 7.11 Å². The van der Waals surface area contributed by atoms with Gasteiger partial charge in [-0.05, 0) is 12.1 Å². The normalized spacial score (nSPS) is 9.93. The van der Waals surface area contributed by atoms with E-state index >= 15 is 0 Å². The Bertz CT molecular complexity index is 344. The van der Waals surface area contributed by atoms with E-state index < -0.39 is 17.8 Å². The first kappa shape index (κ1) is 10.5. The molecule has 0 unspecified atom stereocenters. The Balaban J connectivity index is 2.72. The number of methoxy groups -OCH3 is 1. The van der Waals surface area contributed by atoms with Crippen molar-refractivity contribution in [1.29, 1.82) is 0 Å². The Kier molecular flexibility index (Phi) is 3.47. The molecule has 0 aliphatic rings. The molecule has 1 rings (SSSR count). The lowest BCUT2D eigenvalue weighted by Gasteiger charge is -2.04. The Morgan fingerprint density at radius 1 is 1.57 bits per heavy atom. The van der Waals surface area contributed by atoms with Gasteiger partial charge >= 0.3 is 0 Å². The van der Waals surface area contributed by atoms with Gasteiger partial charge in [0.25, 0.3) is 0 Å². The van der Waals surface area contributed by atoms with E-state index in [1.807, 2.05) is 0 Å². The maximum Gasteiger partial charge on any atom is 0.250 e. The Labute approximate surface area is 78.9 Å². The molecular formula is C8H8F2N2O2. The Morgan fingerprint density at radius 3 is 2.86 bits per heavy atom. The van der Waals surface area contributed by atoms with Crippen molar-refractivity contribution in [3.8, 4) is 0 Å². The second-order valence-electron chi connectivity index (χ2n) is 2.45. The molecule has 1 aromatic rings. The molecule has 0 bridgehead atoms. The molecule has 1 amide bonds. The van der Waals surface area contributed by atoms with E-state index in [2.05, 4.69) is 15.0 Å². The van der Waals surface area contributed by atoms with Crippen LogP contribution in [0, 0.1) is 11.9 Å². The molecule has 0 saturated heterocycles. The number of pyridine rings is 1. The van der Waals surface area contributed by atoms with Gasteiger partial charge in [0.2, 0.25) is 17.8 Å². The van der Waals surface area contributed by atoms with E-state index in [9.17, 15) is 13.6 Å². The maximum absolute atomic E-state index is 12.8. The molecule has 1 aromatic heterocycles. The monoisotopic (exact) mass is 202 g/mol. The van der Waals surface area contributed by atoms with Gasteiger partial charge < -0.3 is 10.1 Å². The van der Waals surface area contributed by atoms with Gasteiger partial charge in [0, 0.05) is 7.11 Å². The smallest absolute Gasteiger partial charge is 0.250 e. The second-order valence-corrected chi connectivity index (χ2v) is 2.45. The molecule has 76 valence electrons. The average molecular weight is 202 g/mol. The molecule has 0 spiro atoms. The first-order chi connectivity index (χ1) is 6.63. The van der Waals surface area contributed by atoms with Crippen molar-refractivity contribution in [2.24, 2.45) is 0 Å². The zero-order chi connectivity index (χ0) is 10.6. The van der Waals surface area contributed by atoms with Gasteiger partial charge in [0.05, 0.1) is 5.69 Å². The van der Waals surface area contributed by atoms with Crippen LogP contribution in [0.15, 0.2) is 12.1 Å². The van der Waals surface area contributed by atoms with Crippen molar-refractivity contribution >= 4 is 11.6 Å². The van der Waals surface area contributed by atoms with Crippen LogP contribution in [0.1, 0.15) is 0 Å². The zero-order valence-corrected chi connectivity index (χ0v) is 7.38. The van der Waals surface area contributed by atoms with Gasteiger partial charge in [-0.1, -0.05) is 0 Å². The molecular weight excluding hydrogens is 194 g/mol. The first-order valence-corrected chi connectivity index (χ1v) is 3.74. The van der Waals surface area contributed by atoms with Crippen LogP contribution in [0.5, 0.6) is 0 Å². The number of halogens is 2. The Hall–Kier alpha value is -1.56. The number of anilines is 1. The number of rotatable bonds is 3. The molecule has 6 heteroatoms. The van der Waals surface area contributed by atoms with Crippen molar-refractivity contribution in [1.82, 2.24) is 4.98 Å². The minimum atomic E-state index is -1.06. The lowest BCUT2D eigenvalue weighted by Crippen LogP contribution is -2.18. The summed E-state index contributed by atoms with van der Waals surface area (Å²) in [7, 11) is 1.33.